The molecule has 198 valence electrons. The van der Waals surface area contributed by atoms with Crippen molar-refractivity contribution in [2.45, 2.75) is 84.1 Å². The molecule has 0 saturated carbocycles. The highest BCUT2D eigenvalue weighted by Gasteiger charge is 2.20. The minimum atomic E-state index is -0.743. The number of amides is 1. The second-order valence-electron chi connectivity index (χ2n) is 9.52. The SMILES string of the molecule is CC(C)N1CCN(c2ccc(C(=O)N([O-])CCCCCCCCCCCCO[N+](=O)[O-])cn2)CC1. The molecule has 1 aromatic rings. The van der Waals surface area contributed by atoms with Gasteiger partial charge in [-0.25, -0.2) is 4.98 Å². The van der Waals surface area contributed by atoms with E-state index in [9.17, 15) is 20.1 Å². The van der Waals surface area contributed by atoms with Crippen LogP contribution in [0.2, 0.25) is 0 Å². The minimum absolute atomic E-state index is 0.185. The Kier molecular flexibility index (Phi) is 13.4. The maximum absolute atomic E-state index is 12.4. The molecule has 10 nitrogen and oxygen atoms in total. The van der Waals surface area contributed by atoms with Crippen molar-refractivity contribution in [2.24, 2.45) is 0 Å². The lowest BCUT2D eigenvalue weighted by atomic mass is 10.1. The van der Waals surface area contributed by atoms with Gasteiger partial charge in [0.25, 0.3) is 5.09 Å². The fourth-order valence-corrected chi connectivity index (χ4v) is 4.32. The molecule has 0 radical (unpaired) electrons. The highest BCUT2D eigenvalue weighted by molar-refractivity contribution is 5.94. The second kappa shape index (κ2) is 16.3. The number of hydrogen-bond acceptors (Lipinski definition) is 8. The van der Waals surface area contributed by atoms with Crippen LogP contribution in [0.25, 0.3) is 0 Å². The molecular weight excluding hydrogens is 450 g/mol. The maximum Gasteiger partial charge on any atom is 0.294 e. The summed E-state index contributed by atoms with van der Waals surface area (Å²) in [6.45, 7) is 8.62. The van der Waals surface area contributed by atoms with E-state index in [4.69, 9.17) is 0 Å². The molecule has 35 heavy (non-hydrogen) atoms. The molecule has 2 rings (SSSR count). The number of aromatic nitrogens is 1. The van der Waals surface area contributed by atoms with E-state index in [1.54, 1.807) is 6.07 Å². The number of pyridine rings is 1. The third kappa shape index (κ3) is 11.2. The molecule has 1 amide bonds. The lowest BCUT2D eigenvalue weighted by molar-refractivity contribution is -0.757. The van der Waals surface area contributed by atoms with E-state index in [0.717, 1.165) is 89.8 Å². The van der Waals surface area contributed by atoms with Gasteiger partial charge in [-0.15, -0.1) is 10.1 Å². The molecule has 0 aromatic carbocycles. The largest absolute Gasteiger partial charge is 0.756 e. The highest BCUT2D eigenvalue weighted by atomic mass is 16.9. The van der Waals surface area contributed by atoms with Crippen LogP contribution in [0.1, 0.15) is 88.4 Å². The van der Waals surface area contributed by atoms with Crippen molar-refractivity contribution in [2.75, 3.05) is 44.2 Å². The molecule has 10 heteroatoms. The number of anilines is 1. The van der Waals surface area contributed by atoms with Crippen molar-refractivity contribution in [3.05, 3.63) is 39.2 Å². The molecule has 1 aromatic heterocycles. The smallest absolute Gasteiger partial charge is 0.294 e. The Hall–Kier alpha value is -2.46. The molecule has 0 unspecified atom stereocenters. The average molecular weight is 493 g/mol. The van der Waals surface area contributed by atoms with E-state index in [1.807, 2.05) is 6.07 Å². The number of hydrogen-bond donors (Lipinski definition) is 0. The van der Waals surface area contributed by atoms with Crippen molar-refractivity contribution < 1.29 is 14.7 Å². The summed E-state index contributed by atoms with van der Waals surface area (Å²) in [7, 11) is 0. The van der Waals surface area contributed by atoms with Gasteiger partial charge in [-0.2, -0.15) is 0 Å². The Morgan fingerprint density at radius 3 is 2.09 bits per heavy atom. The van der Waals surface area contributed by atoms with Gasteiger partial charge in [0, 0.05) is 45.0 Å². The zero-order valence-electron chi connectivity index (χ0n) is 21.4. The summed E-state index contributed by atoms with van der Waals surface area (Å²) in [5.74, 6) is 0.337. The van der Waals surface area contributed by atoms with Crippen LogP contribution in [0.5, 0.6) is 0 Å². The quantitative estimate of drug-likeness (QED) is 0.175. The molecule has 1 aliphatic rings. The van der Waals surface area contributed by atoms with Crippen LogP contribution in [-0.4, -0.2) is 71.3 Å². The predicted molar refractivity (Wildman–Crippen MR) is 137 cm³/mol. The second-order valence-corrected chi connectivity index (χ2v) is 9.52. The Labute approximate surface area is 209 Å². The molecule has 1 saturated heterocycles. The molecule has 0 bridgehead atoms. The van der Waals surface area contributed by atoms with Crippen LogP contribution in [0.4, 0.5) is 5.82 Å². The van der Waals surface area contributed by atoms with Crippen LogP contribution < -0.4 is 4.90 Å². The molecule has 0 atom stereocenters. The van der Waals surface area contributed by atoms with E-state index < -0.39 is 11.0 Å². The number of unbranched alkanes of at least 4 members (excludes halogenated alkanes) is 9. The van der Waals surface area contributed by atoms with Crippen molar-refractivity contribution in [1.82, 2.24) is 14.9 Å². The van der Waals surface area contributed by atoms with E-state index in [-0.39, 0.29) is 13.2 Å². The fraction of sp³-hybridized carbons (Fsp3) is 0.760. The summed E-state index contributed by atoms with van der Waals surface area (Å²) in [4.78, 5) is 35.9. The van der Waals surface area contributed by atoms with Gasteiger partial charge in [0.05, 0.1) is 12.2 Å². The molecule has 0 aliphatic carbocycles. The van der Waals surface area contributed by atoms with E-state index >= 15 is 0 Å². The summed E-state index contributed by atoms with van der Waals surface area (Å²) in [5.41, 5.74) is 0.342. The first-order chi connectivity index (χ1) is 16.9. The number of carbonyl (C=O) groups excluding carboxylic acids is 1. The van der Waals surface area contributed by atoms with Gasteiger partial charge in [0.2, 0.25) is 5.91 Å². The summed E-state index contributed by atoms with van der Waals surface area (Å²) in [6, 6.07) is 4.09. The Bertz CT molecular complexity index is 738. The molecule has 0 N–H and O–H groups in total. The Balaban J connectivity index is 1.52. The highest BCUT2D eigenvalue weighted by Crippen LogP contribution is 2.16. The van der Waals surface area contributed by atoms with Crippen LogP contribution in [0.15, 0.2) is 18.3 Å². The Morgan fingerprint density at radius 2 is 1.57 bits per heavy atom. The summed E-state index contributed by atoms with van der Waals surface area (Å²) < 4.78 is 0. The zero-order valence-corrected chi connectivity index (χ0v) is 21.4. The first kappa shape index (κ1) is 28.8. The van der Waals surface area contributed by atoms with Crippen molar-refractivity contribution in [3.8, 4) is 0 Å². The van der Waals surface area contributed by atoms with Crippen LogP contribution in [0, 0.1) is 15.3 Å². The normalized spacial score (nSPS) is 14.3. The first-order valence-electron chi connectivity index (χ1n) is 13.1. The summed E-state index contributed by atoms with van der Waals surface area (Å²) in [5, 5.41) is 22.1. The van der Waals surface area contributed by atoms with Gasteiger partial charge in [-0.3, -0.25) is 9.69 Å². The van der Waals surface area contributed by atoms with Gasteiger partial charge >= 0.3 is 0 Å². The number of rotatable bonds is 17. The van der Waals surface area contributed by atoms with Crippen molar-refractivity contribution in [3.63, 3.8) is 0 Å². The van der Waals surface area contributed by atoms with Gasteiger partial charge in [-0.1, -0.05) is 51.4 Å². The van der Waals surface area contributed by atoms with Crippen molar-refractivity contribution in [1.29, 1.82) is 0 Å². The lowest BCUT2D eigenvalue weighted by Gasteiger charge is -2.37. The third-order valence-corrected chi connectivity index (χ3v) is 6.54. The van der Waals surface area contributed by atoms with Gasteiger partial charge in [0.15, 0.2) is 0 Å². The lowest BCUT2D eigenvalue weighted by Crippen LogP contribution is -2.49. The fourth-order valence-electron chi connectivity index (χ4n) is 4.32. The van der Waals surface area contributed by atoms with Gasteiger partial charge in [-0.05, 0) is 38.8 Å². The number of nitrogens with zero attached hydrogens (tertiary/aromatic N) is 5. The monoisotopic (exact) mass is 492 g/mol. The average Bonchev–Trinajstić information content (AvgIpc) is 2.86. The van der Waals surface area contributed by atoms with Crippen molar-refractivity contribution >= 4 is 11.7 Å². The van der Waals surface area contributed by atoms with Gasteiger partial charge < -0.3 is 20.0 Å². The topological polar surface area (TPSA) is 115 Å². The van der Waals surface area contributed by atoms with Crippen LogP contribution in [-0.2, 0) is 4.84 Å². The summed E-state index contributed by atoms with van der Waals surface area (Å²) >= 11 is 0. The number of hydroxylamine groups is 2. The molecule has 1 aliphatic heterocycles. The minimum Gasteiger partial charge on any atom is -0.756 e. The number of piperazine rings is 1. The van der Waals surface area contributed by atoms with Crippen LogP contribution >= 0.6 is 0 Å². The van der Waals surface area contributed by atoms with E-state index in [2.05, 4.69) is 33.5 Å². The van der Waals surface area contributed by atoms with E-state index in [1.165, 1.54) is 6.20 Å². The standard InChI is InChI=1S/C25H42N5O5/c1-22(2)27-16-18-28(19-17-27)24-14-13-23(21-26-24)25(31)29(32)15-11-9-7-5-3-4-6-8-10-12-20-35-30(33)34/h13-14,21-22H,3-12,15-20H2,1-2H3/q-1. The van der Waals surface area contributed by atoms with E-state index in [0.29, 0.717) is 23.1 Å². The Morgan fingerprint density at radius 1 is 1.00 bits per heavy atom. The molecule has 2 heterocycles. The van der Waals surface area contributed by atoms with Gasteiger partial charge in [0.1, 0.15) is 5.82 Å². The summed E-state index contributed by atoms with van der Waals surface area (Å²) in [6.07, 6.45) is 11.5. The predicted octanol–water partition coefficient (Wildman–Crippen LogP) is 4.66. The molecule has 0 spiro atoms. The maximum atomic E-state index is 12.4. The molecule has 1 fully saturated rings. The first-order valence-corrected chi connectivity index (χ1v) is 13.1. The molecular formula is C25H42N5O5-. The third-order valence-electron chi connectivity index (χ3n) is 6.54. The van der Waals surface area contributed by atoms with Crippen LogP contribution in [0.3, 0.4) is 0 Å². The number of carbonyl (C=O) groups is 1. The zero-order chi connectivity index (χ0) is 25.5.